The molecule has 2 aromatic rings. The van der Waals surface area contributed by atoms with E-state index in [-0.39, 0.29) is 17.5 Å². The normalized spacial score (nSPS) is 14.2. The number of imide groups is 1. The van der Waals surface area contributed by atoms with E-state index in [1.54, 1.807) is 63.2 Å². The predicted molar refractivity (Wildman–Crippen MR) is 106 cm³/mol. The van der Waals surface area contributed by atoms with E-state index in [0.29, 0.717) is 10.6 Å². The molecule has 1 aliphatic rings. The van der Waals surface area contributed by atoms with Crippen LogP contribution >= 0.6 is 0 Å². The Labute approximate surface area is 173 Å². The number of nitrogens with zero attached hydrogens (tertiary/aromatic N) is 1. The molecule has 0 radical (unpaired) electrons. The molecule has 8 nitrogen and oxygen atoms in total. The fraction of sp³-hybridized carbons (Fsp3) is 0.273. The number of benzene rings is 2. The Morgan fingerprint density at radius 3 is 2.00 bits per heavy atom. The van der Waals surface area contributed by atoms with Crippen molar-refractivity contribution < 1.29 is 28.8 Å². The summed E-state index contributed by atoms with van der Waals surface area (Å²) in [6, 6.07) is 14.2. The summed E-state index contributed by atoms with van der Waals surface area (Å²) in [7, 11) is 0. The molecule has 1 aliphatic heterocycles. The van der Waals surface area contributed by atoms with E-state index >= 15 is 0 Å². The highest BCUT2D eigenvalue weighted by Gasteiger charge is 2.39. The third-order valence-corrected chi connectivity index (χ3v) is 4.21. The Bertz CT molecular complexity index is 946. The van der Waals surface area contributed by atoms with Gasteiger partial charge < -0.3 is 14.9 Å². The van der Waals surface area contributed by atoms with Crippen LogP contribution in [0.1, 0.15) is 59.5 Å². The number of hydroxylamine groups is 2. The first kappa shape index (κ1) is 21.0. The second kappa shape index (κ2) is 8.36. The van der Waals surface area contributed by atoms with Crippen molar-refractivity contribution >= 4 is 23.9 Å². The number of amides is 3. The zero-order valence-corrected chi connectivity index (χ0v) is 16.9. The lowest BCUT2D eigenvalue weighted by molar-refractivity contribution is -0.169. The van der Waals surface area contributed by atoms with Crippen LogP contribution in [-0.2, 0) is 14.4 Å². The largest absolute Gasteiger partial charge is 0.444 e. The Morgan fingerprint density at radius 2 is 1.47 bits per heavy atom. The number of hydrogen-bond donors (Lipinski definition) is 1. The van der Waals surface area contributed by atoms with E-state index < -0.39 is 35.5 Å². The molecule has 1 N–H and O–H groups in total. The first-order valence-electron chi connectivity index (χ1n) is 9.39. The van der Waals surface area contributed by atoms with Gasteiger partial charge in [0.2, 0.25) is 0 Å². The van der Waals surface area contributed by atoms with Crippen molar-refractivity contribution in [3.8, 4) is 0 Å². The second-order valence-electron chi connectivity index (χ2n) is 7.73. The second-order valence-corrected chi connectivity index (χ2v) is 7.73. The Balaban J connectivity index is 1.72. The van der Waals surface area contributed by atoms with Crippen molar-refractivity contribution in [1.29, 1.82) is 0 Å². The molecule has 3 amide bonds. The van der Waals surface area contributed by atoms with Gasteiger partial charge in [0.15, 0.2) is 0 Å². The van der Waals surface area contributed by atoms with Crippen LogP contribution in [0.2, 0.25) is 0 Å². The summed E-state index contributed by atoms with van der Waals surface area (Å²) in [6.45, 7) is 5.17. The van der Waals surface area contributed by atoms with Gasteiger partial charge in [0, 0.05) is 0 Å². The van der Waals surface area contributed by atoms with E-state index in [1.165, 1.54) is 12.1 Å². The summed E-state index contributed by atoms with van der Waals surface area (Å²) < 4.78 is 5.26. The number of alkyl carbamates (subject to hydrolysis) is 1. The topological polar surface area (TPSA) is 102 Å². The number of hydrogen-bond acceptors (Lipinski definition) is 6. The molecule has 30 heavy (non-hydrogen) atoms. The van der Waals surface area contributed by atoms with Crippen LogP contribution in [0.15, 0.2) is 54.6 Å². The molecular formula is C22H22N2O6. The molecule has 2 aromatic carbocycles. The van der Waals surface area contributed by atoms with Gasteiger partial charge in [0.25, 0.3) is 11.8 Å². The zero-order valence-electron chi connectivity index (χ0n) is 16.9. The van der Waals surface area contributed by atoms with Gasteiger partial charge in [-0.1, -0.05) is 47.5 Å². The van der Waals surface area contributed by atoms with Gasteiger partial charge in [0.1, 0.15) is 5.60 Å². The van der Waals surface area contributed by atoms with Crippen LogP contribution in [0.3, 0.4) is 0 Å². The average molecular weight is 410 g/mol. The molecule has 1 atom stereocenters. The third kappa shape index (κ3) is 4.83. The molecule has 1 unspecified atom stereocenters. The highest BCUT2D eigenvalue weighted by Crippen LogP contribution is 2.24. The maximum atomic E-state index is 12.5. The van der Waals surface area contributed by atoms with E-state index in [2.05, 4.69) is 5.32 Å². The molecule has 0 fully saturated rings. The number of carbonyl (C=O) groups excluding carboxylic acids is 4. The van der Waals surface area contributed by atoms with E-state index in [0.717, 1.165) is 0 Å². The lowest BCUT2D eigenvalue weighted by Gasteiger charge is -2.24. The van der Waals surface area contributed by atoms with Crippen LogP contribution in [0.4, 0.5) is 4.79 Å². The molecule has 0 aliphatic carbocycles. The summed E-state index contributed by atoms with van der Waals surface area (Å²) >= 11 is 0. The van der Waals surface area contributed by atoms with Crippen molar-refractivity contribution in [3.05, 3.63) is 71.3 Å². The highest BCUT2D eigenvalue weighted by atomic mass is 16.7. The van der Waals surface area contributed by atoms with Gasteiger partial charge >= 0.3 is 12.1 Å². The average Bonchev–Trinajstić information content (AvgIpc) is 2.92. The molecule has 8 heteroatoms. The predicted octanol–water partition coefficient (Wildman–Crippen LogP) is 3.40. The number of ether oxygens (including phenoxy) is 1. The van der Waals surface area contributed by atoms with Crippen molar-refractivity contribution in [2.75, 3.05) is 0 Å². The summed E-state index contributed by atoms with van der Waals surface area (Å²) in [5, 5.41) is 3.08. The van der Waals surface area contributed by atoms with Crippen LogP contribution in [-0.4, -0.2) is 34.5 Å². The quantitative estimate of drug-likeness (QED) is 0.758. The fourth-order valence-corrected chi connectivity index (χ4v) is 2.94. The first-order chi connectivity index (χ1) is 14.2. The summed E-state index contributed by atoms with van der Waals surface area (Å²) in [5.74, 6) is -2.27. The molecule has 0 bridgehead atoms. The summed E-state index contributed by atoms with van der Waals surface area (Å²) in [5.41, 5.74) is 0.262. The standard InChI is InChI=1S/C22H22N2O6/c1-22(2,3)29-21(28)23-17(14-9-5-4-6-10-14)13-18(25)30-24-19(26)15-11-7-8-12-16(15)20(24)27/h4-12,17H,13H2,1-3H3,(H,23,28). The zero-order chi connectivity index (χ0) is 21.9. The fourth-order valence-electron chi connectivity index (χ4n) is 2.94. The van der Waals surface area contributed by atoms with Crippen LogP contribution in [0.25, 0.3) is 0 Å². The SMILES string of the molecule is CC(C)(C)OC(=O)NC(CC(=O)ON1C(=O)c2ccccc2C1=O)c1ccccc1. The van der Waals surface area contributed by atoms with Gasteiger partial charge in [-0.15, -0.1) is 0 Å². The maximum Gasteiger partial charge on any atom is 0.408 e. The molecule has 0 saturated heterocycles. The smallest absolute Gasteiger partial charge is 0.408 e. The number of carbonyl (C=O) groups is 4. The first-order valence-corrected chi connectivity index (χ1v) is 9.39. The van der Waals surface area contributed by atoms with Crippen molar-refractivity contribution in [2.45, 2.75) is 38.8 Å². The summed E-state index contributed by atoms with van der Waals surface area (Å²) in [6.07, 6.45) is -1.01. The molecular weight excluding hydrogens is 388 g/mol. The van der Waals surface area contributed by atoms with Gasteiger partial charge in [-0.3, -0.25) is 9.59 Å². The minimum absolute atomic E-state index is 0.168. The van der Waals surface area contributed by atoms with Crippen LogP contribution in [0, 0.1) is 0 Å². The number of nitrogens with one attached hydrogen (secondary N) is 1. The Kier molecular flexibility index (Phi) is 5.86. The third-order valence-electron chi connectivity index (χ3n) is 4.21. The Hall–Kier alpha value is -3.68. The minimum atomic E-state index is -0.852. The highest BCUT2D eigenvalue weighted by molar-refractivity contribution is 6.20. The van der Waals surface area contributed by atoms with Gasteiger partial charge in [0.05, 0.1) is 23.6 Å². The van der Waals surface area contributed by atoms with Crippen LogP contribution in [0.5, 0.6) is 0 Å². The lowest BCUT2D eigenvalue weighted by atomic mass is 10.0. The lowest BCUT2D eigenvalue weighted by Crippen LogP contribution is -2.37. The van der Waals surface area contributed by atoms with Crippen molar-refractivity contribution in [1.82, 2.24) is 10.4 Å². The molecule has 0 saturated carbocycles. The maximum absolute atomic E-state index is 12.5. The van der Waals surface area contributed by atoms with E-state index in [4.69, 9.17) is 9.57 Å². The minimum Gasteiger partial charge on any atom is -0.444 e. The molecule has 156 valence electrons. The monoisotopic (exact) mass is 410 g/mol. The summed E-state index contributed by atoms with van der Waals surface area (Å²) in [4.78, 5) is 54.5. The van der Waals surface area contributed by atoms with Crippen LogP contribution < -0.4 is 5.32 Å². The molecule has 0 aromatic heterocycles. The van der Waals surface area contributed by atoms with Gasteiger partial charge in [-0.25, -0.2) is 9.59 Å². The molecule has 3 rings (SSSR count). The molecule has 0 spiro atoms. The molecule has 1 heterocycles. The van der Waals surface area contributed by atoms with Gasteiger partial charge in [-0.2, -0.15) is 0 Å². The van der Waals surface area contributed by atoms with E-state index in [9.17, 15) is 19.2 Å². The number of rotatable bonds is 5. The van der Waals surface area contributed by atoms with E-state index in [1.807, 2.05) is 0 Å². The number of fused-ring (bicyclic) bond motifs is 1. The Morgan fingerprint density at radius 1 is 0.933 bits per heavy atom. The van der Waals surface area contributed by atoms with Crippen molar-refractivity contribution in [3.63, 3.8) is 0 Å². The van der Waals surface area contributed by atoms with Crippen molar-refractivity contribution in [2.24, 2.45) is 0 Å². The van der Waals surface area contributed by atoms with Gasteiger partial charge in [-0.05, 0) is 38.5 Å².